The summed E-state index contributed by atoms with van der Waals surface area (Å²) in [7, 11) is 0. The van der Waals surface area contributed by atoms with Gasteiger partial charge in [0.2, 0.25) is 5.91 Å². The Labute approximate surface area is 198 Å². The van der Waals surface area contributed by atoms with Crippen molar-refractivity contribution in [1.82, 2.24) is 9.88 Å². The number of anilines is 1. The molecule has 0 bridgehead atoms. The molecule has 3 rings (SSSR count). The van der Waals surface area contributed by atoms with E-state index in [4.69, 9.17) is 9.84 Å². The molecule has 2 atom stereocenters. The van der Waals surface area contributed by atoms with Gasteiger partial charge in [0.1, 0.15) is 12.6 Å². The van der Waals surface area contributed by atoms with Crippen molar-refractivity contribution in [3.63, 3.8) is 0 Å². The van der Waals surface area contributed by atoms with Crippen molar-refractivity contribution in [2.75, 3.05) is 11.9 Å². The van der Waals surface area contributed by atoms with Crippen LogP contribution in [0.5, 0.6) is 0 Å². The van der Waals surface area contributed by atoms with Crippen molar-refractivity contribution < 1.29 is 33.9 Å². The van der Waals surface area contributed by atoms with E-state index < -0.39 is 28.9 Å². The number of rotatable bonds is 8. The molecule has 12 nitrogen and oxygen atoms in total. The second kappa shape index (κ2) is 10.7. The SMILES string of the molecule is O=C(S)C[C@@H]1C[C@@H](C(=O)Nc2cncc(C(=O)O)c2)N(C(=O)OCc2ccc([N+](=O)[O-])cc2)C1. The maximum absolute atomic E-state index is 12.9. The van der Waals surface area contributed by atoms with Crippen LogP contribution in [0, 0.1) is 16.0 Å². The first kappa shape index (κ1) is 24.6. The van der Waals surface area contributed by atoms with E-state index >= 15 is 0 Å². The molecule has 2 amide bonds. The lowest BCUT2D eigenvalue weighted by Gasteiger charge is -2.23. The number of benzene rings is 1. The Morgan fingerprint density at radius 2 is 1.94 bits per heavy atom. The van der Waals surface area contributed by atoms with Gasteiger partial charge in [0.05, 0.1) is 22.4 Å². The maximum atomic E-state index is 12.9. The zero-order valence-electron chi connectivity index (χ0n) is 17.6. The number of pyridine rings is 1. The van der Waals surface area contributed by atoms with Crippen LogP contribution in [0.15, 0.2) is 42.7 Å². The van der Waals surface area contributed by atoms with Gasteiger partial charge in [-0.05, 0) is 36.1 Å². The number of carbonyl (C=O) groups excluding carboxylic acids is 3. The number of amides is 2. The third kappa shape index (κ3) is 6.28. The number of thiol groups is 1. The summed E-state index contributed by atoms with van der Waals surface area (Å²) in [6.45, 7) is -0.0979. The van der Waals surface area contributed by atoms with Crippen LogP contribution in [0.3, 0.4) is 0 Å². The maximum Gasteiger partial charge on any atom is 0.410 e. The summed E-state index contributed by atoms with van der Waals surface area (Å²) in [4.78, 5) is 63.4. The Morgan fingerprint density at radius 3 is 2.56 bits per heavy atom. The van der Waals surface area contributed by atoms with Crippen LogP contribution < -0.4 is 5.32 Å². The summed E-state index contributed by atoms with van der Waals surface area (Å²) in [6, 6.07) is 5.71. The summed E-state index contributed by atoms with van der Waals surface area (Å²) in [6.07, 6.45) is 1.83. The van der Waals surface area contributed by atoms with Gasteiger partial charge in [0.25, 0.3) is 5.69 Å². The van der Waals surface area contributed by atoms with Crippen LogP contribution in [-0.2, 0) is 20.9 Å². The number of ether oxygens (including phenoxy) is 1. The highest BCUT2D eigenvalue weighted by molar-refractivity contribution is 7.96. The summed E-state index contributed by atoms with van der Waals surface area (Å²) in [5.74, 6) is -2.13. The number of carboxylic acid groups (broad SMARTS) is 1. The standard InChI is InChI=1S/C21H20N4O8S/c26-18(34)6-13-5-17(19(27)23-15-7-14(20(28)29)8-22-9-15)24(10-13)21(30)33-11-12-1-3-16(4-2-12)25(31)32/h1-4,7-9,13,17H,5-6,10-11H2,(H,23,27)(H,26,34)(H,28,29)/t13-,17-/m0/s1. The van der Waals surface area contributed by atoms with Crippen LogP contribution in [0.25, 0.3) is 0 Å². The number of hydrogen-bond donors (Lipinski definition) is 3. The van der Waals surface area contributed by atoms with Crippen molar-refractivity contribution in [2.24, 2.45) is 5.92 Å². The lowest BCUT2D eigenvalue weighted by atomic mass is 10.0. The summed E-state index contributed by atoms with van der Waals surface area (Å²) in [5, 5.41) is 22.0. The summed E-state index contributed by atoms with van der Waals surface area (Å²) < 4.78 is 5.29. The first-order valence-electron chi connectivity index (χ1n) is 10.0. The number of aromatic carboxylic acids is 1. The highest BCUT2D eigenvalue weighted by atomic mass is 32.1. The molecule has 0 unspecified atom stereocenters. The number of nitrogens with one attached hydrogen (secondary N) is 1. The number of nitro benzene ring substituents is 1. The quantitative estimate of drug-likeness (QED) is 0.287. The van der Waals surface area contributed by atoms with Gasteiger partial charge in [0, 0.05) is 31.3 Å². The fraction of sp³-hybridized carbons (Fsp3) is 0.286. The zero-order valence-corrected chi connectivity index (χ0v) is 18.5. The second-order valence-electron chi connectivity index (χ2n) is 7.60. The van der Waals surface area contributed by atoms with Crippen molar-refractivity contribution in [2.45, 2.75) is 25.5 Å². The van der Waals surface area contributed by atoms with Gasteiger partial charge in [-0.2, -0.15) is 0 Å². The number of carbonyl (C=O) groups is 4. The van der Waals surface area contributed by atoms with Crippen molar-refractivity contribution in [3.05, 3.63) is 64.0 Å². The van der Waals surface area contributed by atoms with E-state index in [2.05, 4.69) is 22.9 Å². The Morgan fingerprint density at radius 1 is 1.24 bits per heavy atom. The molecular weight excluding hydrogens is 468 g/mol. The molecule has 2 N–H and O–H groups in total. The summed E-state index contributed by atoms with van der Waals surface area (Å²) in [5.41, 5.74) is 0.421. The first-order chi connectivity index (χ1) is 16.1. The molecule has 34 heavy (non-hydrogen) atoms. The normalized spacial score (nSPS) is 17.1. The minimum absolute atomic E-state index is 0.0507. The van der Waals surface area contributed by atoms with Gasteiger partial charge in [0.15, 0.2) is 5.12 Å². The van der Waals surface area contributed by atoms with Gasteiger partial charge in [-0.15, -0.1) is 12.6 Å². The van der Waals surface area contributed by atoms with Crippen LogP contribution in [-0.4, -0.2) is 55.6 Å². The molecule has 1 aliphatic rings. The van der Waals surface area contributed by atoms with E-state index in [-0.39, 0.29) is 54.0 Å². The third-order valence-electron chi connectivity index (χ3n) is 5.15. The Balaban J connectivity index is 1.70. The number of likely N-dealkylation sites (tertiary alicyclic amines) is 1. The van der Waals surface area contributed by atoms with Crippen molar-refractivity contribution in [1.29, 1.82) is 0 Å². The summed E-state index contributed by atoms with van der Waals surface area (Å²) >= 11 is 3.77. The fourth-order valence-corrected chi connectivity index (χ4v) is 3.82. The Bertz CT molecular complexity index is 1120. The molecule has 178 valence electrons. The van der Waals surface area contributed by atoms with Crippen LogP contribution in [0.2, 0.25) is 0 Å². The number of hydrogen-bond acceptors (Lipinski definition) is 8. The highest BCUT2D eigenvalue weighted by Gasteiger charge is 2.41. The molecule has 0 aliphatic carbocycles. The molecule has 0 saturated carbocycles. The minimum atomic E-state index is -1.21. The molecule has 1 aromatic carbocycles. The molecule has 1 fully saturated rings. The number of nitrogens with zero attached hydrogens (tertiary/aromatic N) is 3. The lowest BCUT2D eigenvalue weighted by Crippen LogP contribution is -2.43. The molecular formula is C21H20N4O8S. The molecule has 2 heterocycles. The molecule has 0 radical (unpaired) electrons. The van der Waals surface area contributed by atoms with Gasteiger partial charge in [-0.25, -0.2) is 9.59 Å². The van der Waals surface area contributed by atoms with Crippen LogP contribution >= 0.6 is 12.6 Å². The predicted octanol–water partition coefficient (Wildman–Crippen LogP) is 2.50. The van der Waals surface area contributed by atoms with E-state index in [9.17, 15) is 29.3 Å². The third-order valence-corrected chi connectivity index (χ3v) is 5.33. The average Bonchev–Trinajstić information content (AvgIpc) is 3.21. The fourth-order valence-electron chi connectivity index (χ4n) is 3.56. The van der Waals surface area contributed by atoms with Crippen LogP contribution in [0.1, 0.15) is 28.8 Å². The van der Waals surface area contributed by atoms with E-state index in [1.54, 1.807) is 0 Å². The number of carboxylic acids is 1. The van der Waals surface area contributed by atoms with Gasteiger partial charge < -0.3 is 15.2 Å². The zero-order chi connectivity index (χ0) is 24.8. The number of non-ortho nitro benzene ring substituents is 1. The van der Waals surface area contributed by atoms with E-state index in [0.717, 1.165) is 6.20 Å². The molecule has 0 spiro atoms. The molecule has 2 aromatic rings. The van der Waals surface area contributed by atoms with Gasteiger partial charge in [-0.3, -0.25) is 29.6 Å². The monoisotopic (exact) mass is 488 g/mol. The predicted molar refractivity (Wildman–Crippen MR) is 120 cm³/mol. The van der Waals surface area contributed by atoms with E-state index in [1.165, 1.54) is 41.4 Å². The lowest BCUT2D eigenvalue weighted by molar-refractivity contribution is -0.384. The van der Waals surface area contributed by atoms with Gasteiger partial charge in [-0.1, -0.05) is 0 Å². The van der Waals surface area contributed by atoms with E-state index in [0.29, 0.717) is 5.56 Å². The van der Waals surface area contributed by atoms with Gasteiger partial charge >= 0.3 is 12.1 Å². The Kier molecular flexibility index (Phi) is 7.79. The number of aromatic nitrogens is 1. The number of nitro groups is 1. The van der Waals surface area contributed by atoms with Crippen molar-refractivity contribution >= 4 is 47.1 Å². The average molecular weight is 488 g/mol. The topological polar surface area (TPSA) is 169 Å². The Hall–Kier alpha value is -4.00. The second-order valence-corrected chi connectivity index (χ2v) is 8.10. The molecule has 13 heteroatoms. The molecule has 1 aromatic heterocycles. The van der Waals surface area contributed by atoms with Crippen LogP contribution in [0.4, 0.5) is 16.2 Å². The first-order valence-corrected chi connectivity index (χ1v) is 10.5. The minimum Gasteiger partial charge on any atom is -0.478 e. The van der Waals surface area contributed by atoms with E-state index in [1.807, 2.05) is 0 Å². The smallest absolute Gasteiger partial charge is 0.410 e. The highest BCUT2D eigenvalue weighted by Crippen LogP contribution is 2.28. The molecule has 1 aliphatic heterocycles. The van der Waals surface area contributed by atoms with Crippen molar-refractivity contribution in [3.8, 4) is 0 Å². The molecule has 1 saturated heterocycles. The largest absolute Gasteiger partial charge is 0.478 e.